The Morgan fingerprint density at radius 3 is 2.38 bits per heavy atom. The van der Waals surface area contributed by atoms with Crippen molar-refractivity contribution >= 4 is 29.0 Å². The molecule has 0 aliphatic carbocycles. The van der Waals surface area contributed by atoms with Crippen LogP contribution in [0.4, 0.5) is 17.1 Å². The summed E-state index contributed by atoms with van der Waals surface area (Å²) in [7, 11) is 10.1. The highest BCUT2D eigenvalue weighted by Crippen LogP contribution is 2.33. The Morgan fingerprint density at radius 2 is 1.70 bits per heavy atom. The van der Waals surface area contributed by atoms with Crippen molar-refractivity contribution in [3.63, 3.8) is 0 Å². The molecule has 194 valence electrons. The van der Waals surface area contributed by atoms with Crippen LogP contribution in [0.25, 0.3) is 16.8 Å². The average molecular weight is 499 g/mol. The number of nitrogens with one attached hydrogen (secondary N) is 1. The fourth-order valence-electron chi connectivity index (χ4n) is 4.73. The first-order valence-electron chi connectivity index (χ1n) is 12.8. The Kier molecular flexibility index (Phi) is 8.33. The molecule has 1 unspecified atom stereocenters. The van der Waals surface area contributed by atoms with Gasteiger partial charge < -0.3 is 24.4 Å². The molecule has 0 spiro atoms. The molecule has 0 saturated carbocycles. The highest BCUT2D eigenvalue weighted by Gasteiger charge is 2.25. The monoisotopic (exact) mass is 498 g/mol. The molecule has 0 bridgehead atoms. The van der Waals surface area contributed by atoms with E-state index in [1.165, 1.54) is 5.69 Å². The maximum atomic E-state index is 11.2. The van der Waals surface area contributed by atoms with E-state index in [1.807, 2.05) is 46.2 Å². The van der Waals surface area contributed by atoms with Crippen molar-refractivity contribution in [1.29, 1.82) is 0 Å². The molecule has 1 fully saturated rings. The second-order valence-corrected chi connectivity index (χ2v) is 9.85. The maximum absolute atomic E-state index is 11.2. The second kappa shape index (κ2) is 11.8. The van der Waals surface area contributed by atoms with Crippen LogP contribution < -0.4 is 15.1 Å². The molecule has 37 heavy (non-hydrogen) atoms. The van der Waals surface area contributed by atoms with E-state index in [9.17, 15) is 4.79 Å². The number of anilines is 3. The smallest absolute Gasteiger partial charge is 0.209 e. The van der Waals surface area contributed by atoms with Gasteiger partial charge in [0.1, 0.15) is 5.82 Å². The molecule has 0 radical (unpaired) electrons. The summed E-state index contributed by atoms with van der Waals surface area (Å²) < 4.78 is 2.19. The molecule has 1 aliphatic heterocycles. The minimum atomic E-state index is 0.273. The zero-order valence-electron chi connectivity index (χ0n) is 22.6. The van der Waals surface area contributed by atoms with Gasteiger partial charge in [0.15, 0.2) is 0 Å². The second-order valence-electron chi connectivity index (χ2n) is 9.85. The first-order valence-corrected chi connectivity index (χ1v) is 12.8. The van der Waals surface area contributed by atoms with Crippen LogP contribution in [-0.4, -0.2) is 69.0 Å². The molecule has 1 atom stereocenters. The summed E-state index contributed by atoms with van der Waals surface area (Å²) in [5.41, 5.74) is 6.77. The van der Waals surface area contributed by atoms with Crippen molar-refractivity contribution in [1.82, 2.24) is 14.3 Å². The number of hydrogen-bond donors (Lipinski definition) is 1. The molecule has 3 heterocycles. The van der Waals surface area contributed by atoms with E-state index < -0.39 is 0 Å². The van der Waals surface area contributed by atoms with Gasteiger partial charge >= 0.3 is 0 Å². The number of imidazole rings is 1. The summed E-state index contributed by atoms with van der Waals surface area (Å²) in [6, 6.07) is 23.0. The normalized spacial score (nSPS) is 15.1. The minimum Gasteiger partial charge on any atom is -0.388 e. The number of piperidine rings is 1. The molecule has 1 N–H and O–H groups in total. The van der Waals surface area contributed by atoms with E-state index in [-0.39, 0.29) is 5.92 Å². The van der Waals surface area contributed by atoms with Gasteiger partial charge in [0.2, 0.25) is 6.41 Å². The number of likely N-dealkylation sites (tertiary alicyclic amines) is 1. The molecule has 1 amide bonds. The van der Waals surface area contributed by atoms with E-state index in [4.69, 9.17) is 4.98 Å². The van der Waals surface area contributed by atoms with Crippen molar-refractivity contribution in [2.45, 2.75) is 18.8 Å². The van der Waals surface area contributed by atoms with E-state index >= 15 is 0 Å². The summed E-state index contributed by atoms with van der Waals surface area (Å²) in [6.45, 7) is 1.59. The zero-order chi connectivity index (χ0) is 26.4. The van der Waals surface area contributed by atoms with Crippen LogP contribution in [0, 0.1) is 0 Å². The Balaban J connectivity index is 0.000000245. The number of nitrogens with zero attached hydrogens (tertiary/aromatic N) is 5. The molecular formula is C30H38N6O. The van der Waals surface area contributed by atoms with Gasteiger partial charge in [-0.25, -0.2) is 4.98 Å². The Hall–Kier alpha value is -4.00. The quantitative estimate of drug-likeness (QED) is 0.371. The molecule has 2 aromatic heterocycles. The fraction of sp³-hybridized carbons (Fsp3) is 0.333. The standard InChI is InChI=1S/C21H24N4O.C9H14N2/c1-23(2)18-9-5-7-16(13-18)20-19-10-3-4-12-25(19)21(22-20)17-8-6-11-24(14-17)15-26;1-10-8-4-6-9(7-5-8)11(2)3/h3-5,7,9-10,12-13,15,17H,6,8,11,14H2,1-2H3;4-7,10H,1-3H3. The van der Waals surface area contributed by atoms with Gasteiger partial charge in [-0.2, -0.15) is 0 Å². The predicted octanol–water partition coefficient (Wildman–Crippen LogP) is 5.20. The number of aromatic nitrogens is 2. The number of fused-ring (bicyclic) bond motifs is 1. The van der Waals surface area contributed by atoms with E-state index in [0.29, 0.717) is 0 Å². The Labute approximate surface area is 220 Å². The number of hydrogen-bond acceptors (Lipinski definition) is 5. The van der Waals surface area contributed by atoms with Crippen LogP contribution in [0.5, 0.6) is 0 Å². The number of carbonyl (C=O) groups excluding carboxylic acids is 1. The largest absolute Gasteiger partial charge is 0.388 e. The lowest BCUT2D eigenvalue weighted by Gasteiger charge is -2.29. The summed E-state index contributed by atoms with van der Waals surface area (Å²) in [4.78, 5) is 22.3. The average Bonchev–Trinajstić information content (AvgIpc) is 3.33. The summed E-state index contributed by atoms with van der Waals surface area (Å²) in [5, 5.41) is 3.07. The summed E-state index contributed by atoms with van der Waals surface area (Å²) in [6.07, 6.45) is 5.13. The third-order valence-electron chi connectivity index (χ3n) is 6.85. The molecule has 4 aromatic rings. The number of carbonyl (C=O) groups is 1. The highest BCUT2D eigenvalue weighted by atomic mass is 16.1. The van der Waals surface area contributed by atoms with E-state index in [1.54, 1.807) is 0 Å². The molecule has 7 heteroatoms. The lowest BCUT2D eigenvalue weighted by molar-refractivity contribution is -0.119. The molecular weight excluding hydrogens is 460 g/mol. The van der Waals surface area contributed by atoms with Crippen LogP contribution in [-0.2, 0) is 4.79 Å². The van der Waals surface area contributed by atoms with Crippen molar-refractivity contribution in [3.8, 4) is 11.3 Å². The predicted molar refractivity (Wildman–Crippen MR) is 155 cm³/mol. The van der Waals surface area contributed by atoms with Crippen molar-refractivity contribution in [3.05, 3.63) is 78.8 Å². The van der Waals surface area contributed by atoms with Crippen LogP contribution >= 0.6 is 0 Å². The van der Waals surface area contributed by atoms with Crippen LogP contribution in [0.15, 0.2) is 72.9 Å². The lowest BCUT2D eigenvalue weighted by atomic mass is 9.97. The van der Waals surface area contributed by atoms with Gasteiger partial charge in [-0.1, -0.05) is 18.2 Å². The fourth-order valence-corrected chi connectivity index (χ4v) is 4.73. The van der Waals surface area contributed by atoms with Crippen LogP contribution in [0.3, 0.4) is 0 Å². The molecule has 2 aromatic carbocycles. The van der Waals surface area contributed by atoms with E-state index in [2.05, 4.69) is 86.4 Å². The SMILES string of the molecule is CN(C)c1cccc(-c2nc(C3CCCN(C=O)C3)n3ccccc23)c1.CNc1ccc(N(C)C)cc1. The van der Waals surface area contributed by atoms with Crippen molar-refractivity contribution < 1.29 is 4.79 Å². The first-order chi connectivity index (χ1) is 17.9. The molecule has 1 aliphatic rings. The molecule has 5 rings (SSSR count). The van der Waals surface area contributed by atoms with Crippen molar-refractivity contribution in [2.24, 2.45) is 0 Å². The first kappa shape index (κ1) is 26.1. The Morgan fingerprint density at radius 1 is 0.946 bits per heavy atom. The summed E-state index contributed by atoms with van der Waals surface area (Å²) >= 11 is 0. The van der Waals surface area contributed by atoms with Crippen LogP contribution in [0.2, 0.25) is 0 Å². The van der Waals surface area contributed by atoms with E-state index in [0.717, 1.165) is 66.3 Å². The maximum Gasteiger partial charge on any atom is 0.209 e. The van der Waals surface area contributed by atoms with Crippen LogP contribution in [0.1, 0.15) is 24.6 Å². The van der Waals surface area contributed by atoms with Gasteiger partial charge in [-0.15, -0.1) is 0 Å². The summed E-state index contributed by atoms with van der Waals surface area (Å²) in [5.74, 6) is 1.33. The molecule has 7 nitrogen and oxygen atoms in total. The number of benzene rings is 2. The zero-order valence-corrected chi connectivity index (χ0v) is 22.6. The third-order valence-corrected chi connectivity index (χ3v) is 6.85. The highest BCUT2D eigenvalue weighted by molar-refractivity contribution is 5.79. The van der Waals surface area contributed by atoms with Gasteiger partial charge in [-0.3, -0.25) is 4.79 Å². The van der Waals surface area contributed by atoms with Gasteiger partial charge in [0, 0.05) is 83.1 Å². The molecule has 1 saturated heterocycles. The third kappa shape index (κ3) is 6.05. The lowest BCUT2D eigenvalue weighted by Crippen LogP contribution is -2.33. The number of amides is 1. The number of pyridine rings is 1. The number of rotatable bonds is 6. The minimum absolute atomic E-state index is 0.273. The van der Waals surface area contributed by atoms with Gasteiger partial charge in [0.05, 0.1) is 11.2 Å². The van der Waals surface area contributed by atoms with Crippen molar-refractivity contribution in [2.75, 3.05) is 63.4 Å². The van der Waals surface area contributed by atoms with Gasteiger partial charge in [-0.05, 0) is 61.4 Å². The van der Waals surface area contributed by atoms with Gasteiger partial charge in [0.25, 0.3) is 0 Å². The Bertz CT molecular complexity index is 1310. The topological polar surface area (TPSA) is 56.1 Å².